The summed E-state index contributed by atoms with van der Waals surface area (Å²) in [7, 11) is 0. The van der Waals surface area contributed by atoms with Gasteiger partial charge in [0, 0.05) is 12.8 Å². The van der Waals surface area contributed by atoms with Crippen molar-refractivity contribution >= 4 is 11.6 Å². The molecule has 3 heterocycles. The molecule has 0 saturated heterocycles. The Balaban J connectivity index is 1.45. The number of alkyl halides is 3. The minimum Gasteiger partial charge on any atom is -0.379 e. The number of aromatic nitrogens is 4. The van der Waals surface area contributed by atoms with E-state index >= 15 is 0 Å². The maximum Gasteiger partial charge on any atom is 0.417 e. The molecule has 1 amide bonds. The number of nitrogens with one attached hydrogen (secondary N) is 1. The third kappa shape index (κ3) is 5.09. The number of carbonyl (C=O) groups is 1. The van der Waals surface area contributed by atoms with Crippen LogP contribution in [0.15, 0.2) is 42.9 Å². The number of anilines is 1. The second kappa shape index (κ2) is 10.1. The van der Waals surface area contributed by atoms with Gasteiger partial charge in [-0.25, -0.2) is 9.67 Å². The van der Waals surface area contributed by atoms with Crippen molar-refractivity contribution in [2.24, 2.45) is 0 Å². The van der Waals surface area contributed by atoms with Crippen LogP contribution in [0, 0.1) is 18.3 Å². The summed E-state index contributed by atoms with van der Waals surface area (Å²) in [5.74, 6) is -0.293. The van der Waals surface area contributed by atoms with Gasteiger partial charge in [-0.1, -0.05) is 0 Å². The molecule has 8 nitrogen and oxygen atoms in total. The maximum atomic E-state index is 12.8. The lowest BCUT2D eigenvalue weighted by Gasteiger charge is -2.34. The fourth-order valence-electron chi connectivity index (χ4n) is 4.40. The molecule has 36 heavy (non-hydrogen) atoms. The third-order valence-corrected chi connectivity index (χ3v) is 6.46. The number of rotatable bonds is 6. The average molecular weight is 499 g/mol. The molecule has 3 aromatic heterocycles. The van der Waals surface area contributed by atoms with Crippen molar-refractivity contribution < 1.29 is 22.7 Å². The first kappa shape index (κ1) is 25.3. The van der Waals surface area contributed by atoms with Crippen LogP contribution in [0.25, 0.3) is 5.82 Å². The topological polar surface area (TPSA) is 106 Å². The van der Waals surface area contributed by atoms with Crippen LogP contribution in [0.1, 0.15) is 59.9 Å². The molecule has 188 valence electrons. The van der Waals surface area contributed by atoms with Crippen molar-refractivity contribution in [1.29, 1.82) is 5.26 Å². The van der Waals surface area contributed by atoms with E-state index in [4.69, 9.17) is 4.74 Å². The summed E-state index contributed by atoms with van der Waals surface area (Å²) < 4.78 is 45.4. The molecule has 1 aliphatic carbocycles. The molecule has 0 spiro atoms. The van der Waals surface area contributed by atoms with E-state index in [1.165, 1.54) is 23.1 Å². The maximum absolute atomic E-state index is 12.8. The van der Waals surface area contributed by atoms with Crippen LogP contribution in [-0.2, 0) is 16.3 Å². The van der Waals surface area contributed by atoms with E-state index in [9.17, 15) is 23.2 Å². The zero-order valence-corrected chi connectivity index (χ0v) is 19.8. The lowest BCUT2D eigenvalue weighted by atomic mass is 9.72. The molecular formula is C25H25F3N6O2. The minimum atomic E-state index is -4.49. The van der Waals surface area contributed by atoms with E-state index < -0.39 is 23.1 Å². The minimum absolute atomic E-state index is 0.159. The van der Waals surface area contributed by atoms with E-state index in [2.05, 4.69) is 26.5 Å². The molecule has 0 atom stereocenters. The van der Waals surface area contributed by atoms with Gasteiger partial charge in [-0.15, -0.1) is 0 Å². The van der Waals surface area contributed by atoms with Crippen molar-refractivity contribution in [1.82, 2.24) is 19.7 Å². The van der Waals surface area contributed by atoms with Gasteiger partial charge >= 0.3 is 6.18 Å². The second-order valence-electron chi connectivity index (χ2n) is 8.69. The van der Waals surface area contributed by atoms with Gasteiger partial charge in [0.15, 0.2) is 5.82 Å². The first-order valence-corrected chi connectivity index (χ1v) is 11.6. The van der Waals surface area contributed by atoms with Crippen molar-refractivity contribution in [3.8, 4) is 11.9 Å². The van der Waals surface area contributed by atoms with Gasteiger partial charge in [0.25, 0.3) is 5.91 Å². The van der Waals surface area contributed by atoms with Crippen LogP contribution >= 0.6 is 0 Å². The molecule has 0 radical (unpaired) electrons. The quantitative estimate of drug-likeness (QED) is 0.514. The number of nitriles is 1. The van der Waals surface area contributed by atoms with Gasteiger partial charge in [-0.2, -0.15) is 23.5 Å². The summed E-state index contributed by atoms with van der Waals surface area (Å²) >= 11 is 0. The van der Waals surface area contributed by atoms with Gasteiger partial charge in [0.2, 0.25) is 0 Å². The van der Waals surface area contributed by atoms with E-state index in [-0.39, 0.29) is 17.5 Å². The van der Waals surface area contributed by atoms with E-state index in [1.54, 1.807) is 19.1 Å². The smallest absolute Gasteiger partial charge is 0.379 e. The monoisotopic (exact) mass is 498 g/mol. The Hall–Kier alpha value is -3.78. The van der Waals surface area contributed by atoms with Crippen molar-refractivity contribution in [2.75, 3.05) is 11.9 Å². The largest absolute Gasteiger partial charge is 0.417 e. The highest BCUT2D eigenvalue weighted by atomic mass is 19.4. The number of pyridine rings is 2. The Morgan fingerprint density at radius 1 is 1.19 bits per heavy atom. The number of ether oxygens (including phenoxy) is 1. The molecule has 0 aliphatic heterocycles. The molecule has 3 aromatic rings. The zero-order chi connectivity index (χ0) is 25.9. The molecule has 4 rings (SSSR count). The summed E-state index contributed by atoms with van der Waals surface area (Å²) in [5.41, 5.74) is 0.213. The molecule has 1 fully saturated rings. The Morgan fingerprint density at radius 2 is 1.94 bits per heavy atom. The summed E-state index contributed by atoms with van der Waals surface area (Å²) in [6.45, 7) is 4.23. The highest BCUT2D eigenvalue weighted by Gasteiger charge is 2.38. The molecular weight excluding hydrogens is 473 g/mol. The van der Waals surface area contributed by atoms with Gasteiger partial charge in [0.1, 0.15) is 0 Å². The van der Waals surface area contributed by atoms with Crippen LogP contribution in [-0.4, -0.2) is 38.4 Å². The summed E-state index contributed by atoms with van der Waals surface area (Å²) in [5, 5.41) is 16.7. The lowest BCUT2D eigenvalue weighted by molar-refractivity contribution is -0.137. The Bertz CT molecular complexity index is 1250. The number of nitrogens with zero attached hydrogens (tertiary/aromatic N) is 5. The molecule has 0 bridgehead atoms. The first-order chi connectivity index (χ1) is 17.2. The number of hydrogen-bond acceptors (Lipinski definition) is 6. The van der Waals surface area contributed by atoms with E-state index in [1.807, 2.05) is 6.92 Å². The van der Waals surface area contributed by atoms with E-state index in [0.717, 1.165) is 25.1 Å². The number of carbonyl (C=O) groups excluding carboxylic acids is 1. The van der Waals surface area contributed by atoms with Gasteiger partial charge in [-0.05, 0) is 63.8 Å². The van der Waals surface area contributed by atoms with Crippen LogP contribution in [0.5, 0.6) is 0 Å². The normalized spacial score (nSPS) is 20.1. The summed E-state index contributed by atoms with van der Waals surface area (Å²) in [6.07, 6.45) is 2.13. The van der Waals surface area contributed by atoms with Crippen molar-refractivity contribution in [2.45, 2.75) is 57.2 Å². The van der Waals surface area contributed by atoms with E-state index in [0.29, 0.717) is 36.5 Å². The van der Waals surface area contributed by atoms with Crippen molar-refractivity contribution in [3.05, 3.63) is 65.4 Å². The van der Waals surface area contributed by atoms with Gasteiger partial charge in [0.05, 0.1) is 58.2 Å². The average Bonchev–Trinajstić information content (AvgIpc) is 3.26. The van der Waals surface area contributed by atoms with Crippen LogP contribution in [0.3, 0.4) is 0 Å². The highest BCUT2D eigenvalue weighted by molar-refractivity contribution is 6.04. The first-order valence-electron chi connectivity index (χ1n) is 11.6. The molecule has 1 N–H and O–H groups in total. The van der Waals surface area contributed by atoms with Crippen molar-refractivity contribution in [3.63, 3.8) is 0 Å². The SMILES string of the molecule is CCO[C@H]1CC[C@](C#N)(c2ccc(NC(=O)c3cnn(-c4ccc(C(F)(F)F)cn4)c3C)cn2)CC1. The van der Waals surface area contributed by atoms with Crippen LogP contribution < -0.4 is 5.32 Å². The zero-order valence-electron chi connectivity index (χ0n) is 19.8. The molecule has 11 heteroatoms. The standard InChI is InChI=1S/C25H25F3N6O2/c1-3-36-19-8-10-24(15-29,11-9-19)21-6-5-18(13-30-21)33-23(35)20-14-32-34(16(20)2)22-7-4-17(12-31-22)25(26,27)28/h4-7,12-14,19H,3,8-11H2,1-2H3,(H,33,35)/t19-,24-. The van der Waals surface area contributed by atoms with Crippen LogP contribution in [0.4, 0.5) is 18.9 Å². The Kier molecular flexibility index (Phi) is 7.08. The number of hydrogen-bond donors (Lipinski definition) is 1. The summed E-state index contributed by atoms with van der Waals surface area (Å²) in [6, 6.07) is 7.99. The third-order valence-electron chi connectivity index (χ3n) is 6.46. The Morgan fingerprint density at radius 3 is 2.50 bits per heavy atom. The second-order valence-corrected chi connectivity index (χ2v) is 8.69. The fraction of sp³-hybridized carbons (Fsp3) is 0.400. The Labute approximate surface area is 206 Å². The fourth-order valence-corrected chi connectivity index (χ4v) is 4.40. The highest BCUT2D eigenvalue weighted by Crippen LogP contribution is 2.39. The lowest BCUT2D eigenvalue weighted by Crippen LogP contribution is -2.34. The molecule has 0 unspecified atom stereocenters. The molecule has 1 aliphatic rings. The number of amides is 1. The molecule has 0 aromatic carbocycles. The molecule has 1 saturated carbocycles. The number of halogens is 3. The summed E-state index contributed by atoms with van der Waals surface area (Å²) in [4.78, 5) is 21.1. The van der Waals surface area contributed by atoms with Gasteiger partial charge < -0.3 is 10.1 Å². The predicted molar refractivity (Wildman–Crippen MR) is 124 cm³/mol. The van der Waals surface area contributed by atoms with Gasteiger partial charge in [-0.3, -0.25) is 9.78 Å². The van der Waals surface area contributed by atoms with Crippen LogP contribution in [0.2, 0.25) is 0 Å². The predicted octanol–water partition coefficient (Wildman–Crippen LogP) is 4.98.